The third-order valence-corrected chi connectivity index (χ3v) is 4.69. The van der Waals surface area contributed by atoms with Crippen LogP contribution in [0.5, 0.6) is 5.75 Å². The Morgan fingerprint density at radius 3 is 2.54 bits per heavy atom. The first-order valence-electron chi connectivity index (χ1n) is 7.90. The normalized spacial score (nSPS) is 25.1. The molecule has 1 heterocycles. The number of carbonyl (C=O) groups excluding carboxylic acids is 1. The van der Waals surface area contributed by atoms with E-state index in [2.05, 4.69) is 5.32 Å². The Kier molecular flexibility index (Phi) is 3.28. The molecule has 24 heavy (non-hydrogen) atoms. The summed E-state index contributed by atoms with van der Waals surface area (Å²) in [6.07, 6.45) is 5.57. The third kappa shape index (κ3) is 2.07. The number of rotatable bonds is 2. The fourth-order valence-electron chi connectivity index (χ4n) is 3.53. The maximum Gasteiger partial charge on any atom is 0.252 e. The van der Waals surface area contributed by atoms with Gasteiger partial charge in [0, 0.05) is 5.56 Å². The summed E-state index contributed by atoms with van der Waals surface area (Å²) in [4.78, 5) is 12.6. The molecule has 0 radical (unpaired) electrons. The number of aliphatic hydroxyl groups excluding tert-OH is 1. The van der Waals surface area contributed by atoms with Crippen molar-refractivity contribution in [1.29, 1.82) is 0 Å². The molecular formula is C20H17NO3. The topological polar surface area (TPSA) is 69.6 Å². The molecule has 1 aliphatic carbocycles. The van der Waals surface area contributed by atoms with E-state index in [4.69, 9.17) is 0 Å². The summed E-state index contributed by atoms with van der Waals surface area (Å²) in [5, 5.41) is 22.5. The van der Waals surface area contributed by atoms with Crippen molar-refractivity contribution < 1.29 is 15.0 Å². The van der Waals surface area contributed by atoms with E-state index < -0.39 is 11.6 Å². The maximum atomic E-state index is 12.6. The van der Waals surface area contributed by atoms with Gasteiger partial charge >= 0.3 is 0 Å². The van der Waals surface area contributed by atoms with Gasteiger partial charge in [0.05, 0.1) is 6.10 Å². The second-order valence-electron chi connectivity index (χ2n) is 6.12. The van der Waals surface area contributed by atoms with Crippen LogP contribution in [-0.2, 0) is 5.54 Å². The van der Waals surface area contributed by atoms with Crippen LogP contribution >= 0.6 is 0 Å². The molecule has 1 aliphatic heterocycles. The van der Waals surface area contributed by atoms with E-state index >= 15 is 0 Å². The molecular weight excluding hydrogens is 302 g/mol. The Morgan fingerprint density at radius 1 is 1.08 bits per heavy atom. The number of fused-ring (bicyclic) bond motifs is 1. The van der Waals surface area contributed by atoms with Gasteiger partial charge in [0.2, 0.25) is 0 Å². The fourth-order valence-corrected chi connectivity index (χ4v) is 3.53. The Bertz CT molecular complexity index is 867. The average Bonchev–Trinajstić information content (AvgIpc) is 2.91. The van der Waals surface area contributed by atoms with Gasteiger partial charge in [-0.05, 0) is 41.3 Å². The van der Waals surface area contributed by atoms with Crippen LogP contribution in [-0.4, -0.2) is 22.2 Å². The Morgan fingerprint density at radius 2 is 1.83 bits per heavy atom. The largest absolute Gasteiger partial charge is 0.508 e. The van der Waals surface area contributed by atoms with Gasteiger partial charge in [0.1, 0.15) is 11.3 Å². The number of hydrogen-bond acceptors (Lipinski definition) is 3. The van der Waals surface area contributed by atoms with Crippen molar-refractivity contribution in [1.82, 2.24) is 5.32 Å². The number of benzene rings is 2. The molecule has 4 rings (SSSR count). The van der Waals surface area contributed by atoms with E-state index in [1.165, 1.54) is 0 Å². The molecule has 0 aromatic heterocycles. The molecule has 1 amide bonds. The fraction of sp³-hybridized carbons (Fsp3) is 0.150. The molecule has 0 spiro atoms. The highest BCUT2D eigenvalue weighted by atomic mass is 16.3. The lowest BCUT2D eigenvalue weighted by Gasteiger charge is -2.34. The van der Waals surface area contributed by atoms with E-state index in [1.54, 1.807) is 18.2 Å². The minimum absolute atomic E-state index is 0.126. The number of phenols is 1. The van der Waals surface area contributed by atoms with Crippen molar-refractivity contribution in [3.8, 4) is 5.75 Å². The van der Waals surface area contributed by atoms with Gasteiger partial charge < -0.3 is 15.5 Å². The predicted molar refractivity (Wildman–Crippen MR) is 90.6 cm³/mol. The minimum Gasteiger partial charge on any atom is -0.508 e. The SMILES string of the molecule is O=C1NC(C2=CCC(O)C=C2)(c2ccc(O)cc2)c2ccccc21. The predicted octanol–water partition coefficient (Wildman–Crippen LogP) is 2.63. The van der Waals surface area contributed by atoms with Crippen LogP contribution in [0.1, 0.15) is 27.9 Å². The number of hydrogen-bond donors (Lipinski definition) is 3. The van der Waals surface area contributed by atoms with Crippen LogP contribution in [0.15, 0.2) is 72.3 Å². The summed E-state index contributed by atoms with van der Waals surface area (Å²) in [5.41, 5.74) is 2.50. The molecule has 2 atom stereocenters. The average molecular weight is 319 g/mol. The summed E-state index contributed by atoms with van der Waals surface area (Å²) < 4.78 is 0. The number of phenolic OH excluding ortho intramolecular Hbond substituents is 1. The van der Waals surface area contributed by atoms with Crippen LogP contribution in [0.4, 0.5) is 0 Å². The van der Waals surface area contributed by atoms with Crippen LogP contribution < -0.4 is 5.32 Å². The van der Waals surface area contributed by atoms with Gasteiger partial charge in [0.25, 0.3) is 5.91 Å². The van der Waals surface area contributed by atoms with Crippen molar-refractivity contribution in [2.24, 2.45) is 0 Å². The molecule has 2 aromatic rings. The summed E-state index contributed by atoms with van der Waals surface area (Å²) in [6.45, 7) is 0. The lowest BCUT2D eigenvalue weighted by Crippen LogP contribution is -2.42. The van der Waals surface area contributed by atoms with Gasteiger partial charge in [-0.15, -0.1) is 0 Å². The molecule has 0 saturated heterocycles. The number of amides is 1. The molecule has 2 aliphatic rings. The molecule has 3 N–H and O–H groups in total. The summed E-state index contributed by atoms with van der Waals surface area (Å²) in [6, 6.07) is 14.4. The monoisotopic (exact) mass is 319 g/mol. The van der Waals surface area contributed by atoms with Gasteiger partial charge in [-0.3, -0.25) is 4.79 Å². The van der Waals surface area contributed by atoms with E-state index in [0.717, 1.165) is 16.7 Å². The summed E-state index contributed by atoms with van der Waals surface area (Å²) >= 11 is 0. The molecule has 4 heteroatoms. The number of nitrogens with one attached hydrogen (secondary N) is 1. The van der Waals surface area contributed by atoms with Gasteiger partial charge in [-0.2, -0.15) is 0 Å². The van der Waals surface area contributed by atoms with Crippen molar-refractivity contribution in [3.63, 3.8) is 0 Å². The smallest absolute Gasteiger partial charge is 0.252 e. The summed E-state index contributed by atoms with van der Waals surface area (Å²) in [5.74, 6) is 0.0502. The molecule has 2 unspecified atom stereocenters. The Hall–Kier alpha value is -2.85. The quantitative estimate of drug-likeness (QED) is 0.797. The van der Waals surface area contributed by atoms with Crippen molar-refractivity contribution in [2.75, 3.05) is 0 Å². The van der Waals surface area contributed by atoms with Crippen molar-refractivity contribution >= 4 is 5.91 Å². The third-order valence-electron chi connectivity index (χ3n) is 4.69. The Labute approximate surface area is 139 Å². The minimum atomic E-state index is -0.808. The van der Waals surface area contributed by atoms with Crippen molar-refractivity contribution in [3.05, 3.63) is 89.0 Å². The van der Waals surface area contributed by atoms with E-state index in [1.807, 2.05) is 48.6 Å². The van der Waals surface area contributed by atoms with E-state index in [9.17, 15) is 15.0 Å². The first-order valence-corrected chi connectivity index (χ1v) is 7.90. The Balaban J connectivity index is 1.97. The first kappa shape index (κ1) is 14.7. The number of aromatic hydroxyl groups is 1. The zero-order valence-corrected chi connectivity index (χ0v) is 12.9. The van der Waals surface area contributed by atoms with Gasteiger partial charge in [-0.25, -0.2) is 0 Å². The molecule has 2 aromatic carbocycles. The lowest BCUT2D eigenvalue weighted by atomic mass is 9.75. The van der Waals surface area contributed by atoms with Crippen molar-refractivity contribution in [2.45, 2.75) is 18.1 Å². The van der Waals surface area contributed by atoms with Crippen LogP contribution in [0.3, 0.4) is 0 Å². The zero-order valence-electron chi connectivity index (χ0n) is 12.9. The molecule has 120 valence electrons. The second kappa shape index (κ2) is 5.35. The molecule has 0 saturated carbocycles. The van der Waals surface area contributed by atoms with Gasteiger partial charge in [-0.1, -0.05) is 48.6 Å². The van der Waals surface area contributed by atoms with Gasteiger partial charge in [0.15, 0.2) is 0 Å². The lowest BCUT2D eigenvalue weighted by molar-refractivity contribution is 0.0948. The second-order valence-corrected chi connectivity index (χ2v) is 6.12. The highest BCUT2D eigenvalue weighted by Gasteiger charge is 2.46. The molecule has 4 nitrogen and oxygen atoms in total. The number of carbonyl (C=O) groups is 1. The van der Waals surface area contributed by atoms with Crippen LogP contribution in [0, 0.1) is 0 Å². The van der Waals surface area contributed by atoms with Crippen LogP contribution in [0.25, 0.3) is 0 Å². The van der Waals surface area contributed by atoms with E-state index in [0.29, 0.717) is 12.0 Å². The highest BCUT2D eigenvalue weighted by molar-refractivity contribution is 6.01. The first-order chi connectivity index (χ1) is 11.6. The highest BCUT2D eigenvalue weighted by Crippen LogP contribution is 2.44. The zero-order chi connectivity index (χ0) is 16.7. The summed E-state index contributed by atoms with van der Waals surface area (Å²) in [7, 11) is 0. The van der Waals surface area contributed by atoms with Crippen LogP contribution in [0.2, 0.25) is 0 Å². The molecule has 0 fully saturated rings. The molecule has 0 bridgehead atoms. The standard InChI is InChI=1S/C20H17NO3/c22-15-9-5-13(6-10-15)20(14-7-11-16(23)12-8-14)18-4-2-1-3-17(18)19(24)21-20/h1-11,16,22-23H,12H2,(H,21,24). The maximum absolute atomic E-state index is 12.6. The van der Waals surface area contributed by atoms with E-state index in [-0.39, 0.29) is 11.7 Å². The number of aliphatic hydroxyl groups is 1.